The van der Waals surface area contributed by atoms with E-state index >= 15 is 0 Å². The number of amides is 1. The number of alkyl halides is 2. The zero-order chi connectivity index (χ0) is 17.6. The van der Waals surface area contributed by atoms with Crippen LogP contribution < -0.4 is 10.1 Å². The number of thiophene rings is 1. The molecule has 0 bridgehead atoms. The number of rotatable bonds is 6. The Morgan fingerprint density at radius 3 is 2.68 bits per heavy atom. The fraction of sp³-hybridized carbons (Fsp3) is 0.421. The van der Waals surface area contributed by atoms with Crippen LogP contribution in [-0.4, -0.2) is 19.1 Å². The lowest BCUT2D eigenvalue weighted by Gasteiger charge is -2.06. The maximum atomic E-state index is 12.3. The normalized spacial score (nSPS) is 14.0. The fourth-order valence-electron chi connectivity index (χ4n) is 3.02. The number of ether oxygens (including phenoxy) is 1. The molecule has 1 aliphatic carbocycles. The van der Waals surface area contributed by atoms with Crippen molar-refractivity contribution in [2.75, 3.05) is 6.54 Å². The number of hydrogen-bond donors (Lipinski definition) is 1. The summed E-state index contributed by atoms with van der Waals surface area (Å²) in [6.07, 6.45) is 6.48. The van der Waals surface area contributed by atoms with Gasteiger partial charge in [-0.1, -0.05) is 18.6 Å². The van der Waals surface area contributed by atoms with Gasteiger partial charge in [-0.2, -0.15) is 8.78 Å². The Bertz CT molecular complexity index is 689. The summed E-state index contributed by atoms with van der Waals surface area (Å²) in [6.45, 7) is -2.30. The molecule has 1 aromatic heterocycles. The van der Waals surface area contributed by atoms with E-state index in [4.69, 9.17) is 0 Å². The molecule has 0 spiro atoms. The van der Waals surface area contributed by atoms with Gasteiger partial charge in [0.1, 0.15) is 5.75 Å². The van der Waals surface area contributed by atoms with Crippen LogP contribution in [0.3, 0.4) is 0 Å². The Morgan fingerprint density at radius 2 is 1.92 bits per heavy atom. The molecule has 0 saturated heterocycles. The first-order valence-electron chi connectivity index (χ1n) is 8.55. The van der Waals surface area contributed by atoms with Crippen molar-refractivity contribution in [3.05, 3.63) is 51.2 Å². The lowest BCUT2D eigenvalue weighted by atomic mass is 10.1. The number of nitrogens with one attached hydrogen (secondary N) is 1. The lowest BCUT2D eigenvalue weighted by Crippen LogP contribution is -2.24. The molecular weight excluding hydrogens is 344 g/mol. The van der Waals surface area contributed by atoms with Gasteiger partial charge in [-0.25, -0.2) is 0 Å². The SMILES string of the molecule is O=C(NCCc1ccc(OC(F)F)cc1)c1cc2c(s1)CCCCC2. The van der Waals surface area contributed by atoms with Crippen LogP contribution in [-0.2, 0) is 19.3 Å². The molecule has 1 aromatic carbocycles. The number of aryl methyl sites for hydroxylation is 2. The van der Waals surface area contributed by atoms with Gasteiger partial charge in [0.15, 0.2) is 0 Å². The van der Waals surface area contributed by atoms with E-state index in [0.29, 0.717) is 13.0 Å². The van der Waals surface area contributed by atoms with Crippen LogP contribution >= 0.6 is 11.3 Å². The molecule has 0 atom stereocenters. The predicted octanol–water partition coefficient (Wildman–Crippen LogP) is 4.59. The van der Waals surface area contributed by atoms with E-state index < -0.39 is 6.61 Å². The van der Waals surface area contributed by atoms with Crippen LogP contribution in [0.1, 0.15) is 44.9 Å². The van der Waals surface area contributed by atoms with E-state index in [1.807, 2.05) is 6.07 Å². The maximum absolute atomic E-state index is 12.3. The van der Waals surface area contributed by atoms with E-state index in [1.54, 1.807) is 23.5 Å². The van der Waals surface area contributed by atoms with Gasteiger partial charge < -0.3 is 10.1 Å². The Balaban J connectivity index is 1.49. The minimum Gasteiger partial charge on any atom is -0.435 e. The zero-order valence-electron chi connectivity index (χ0n) is 13.9. The standard InChI is InChI=1S/C19H21F2NO2S/c20-19(21)24-15-8-6-13(7-9-15)10-11-22-18(23)17-12-14-4-2-1-3-5-16(14)25-17/h6-9,12,19H,1-5,10-11H2,(H,22,23). The van der Waals surface area contributed by atoms with Crippen molar-refractivity contribution in [3.63, 3.8) is 0 Å². The van der Waals surface area contributed by atoms with Gasteiger partial charge in [0.25, 0.3) is 5.91 Å². The van der Waals surface area contributed by atoms with E-state index in [2.05, 4.69) is 10.1 Å². The number of carbonyl (C=O) groups is 1. The predicted molar refractivity (Wildman–Crippen MR) is 94.7 cm³/mol. The average molecular weight is 365 g/mol. The van der Waals surface area contributed by atoms with Crippen molar-refractivity contribution < 1.29 is 18.3 Å². The minimum absolute atomic E-state index is 0.0317. The highest BCUT2D eigenvalue weighted by Crippen LogP contribution is 2.28. The van der Waals surface area contributed by atoms with Crippen LogP contribution in [0, 0.1) is 0 Å². The second-order valence-corrected chi connectivity index (χ2v) is 7.28. The van der Waals surface area contributed by atoms with Crippen LogP contribution in [0.5, 0.6) is 5.75 Å². The Kier molecular flexibility index (Phi) is 6.02. The molecule has 1 aliphatic rings. The molecule has 0 saturated carbocycles. The topological polar surface area (TPSA) is 38.3 Å². The van der Waals surface area contributed by atoms with Gasteiger partial charge in [0, 0.05) is 11.4 Å². The molecule has 0 aliphatic heterocycles. The summed E-state index contributed by atoms with van der Waals surface area (Å²) in [7, 11) is 0. The smallest absolute Gasteiger partial charge is 0.387 e. The zero-order valence-corrected chi connectivity index (χ0v) is 14.7. The van der Waals surface area contributed by atoms with Gasteiger partial charge in [0.05, 0.1) is 4.88 Å². The number of halogens is 2. The highest BCUT2D eigenvalue weighted by Gasteiger charge is 2.16. The largest absolute Gasteiger partial charge is 0.435 e. The highest BCUT2D eigenvalue weighted by atomic mass is 32.1. The van der Waals surface area contributed by atoms with Crippen molar-refractivity contribution in [2.24, 2.45) is 0 Å². The minimum atomic E-state index is -2.81. The summed E-state index contributed by atoms with van der Waals surface area (Å²) < 4.78 is 28.5. The summed E-state index contributed by atoms with van der Waals surface area (Å²) in [5.41, 5.74) is 2.30. The summed E-state index contributed by atoms with van der Waals surface area (Å²) in [4.78, 5) is 14.5. The average Bonchev–Trinajstić information content (AvgIpc) is 2.87. The number of fused-ring (bicyclic) bond motifs is 1. The molecule has 1 amide bonds. The summed E-state index contributed by atoms with van der Waals surface area (Å²) >= 11 is 1.61. The van der Waals surface area contributed by atoms with Crippen molar-refractivity contribution in [2.45, 2.75) is 45.1 Å². The molecule has 25 heavy (non-hydrogen) atoms. The molecule has 0 unspecified atom stereocenters. The van der Waals surface area contributed by atoms with Gasteiger partial charge >= 0.3 is 6.61 Å². The third-order valence-corrected chi connectivity index (χ3v) is 5.55. The summed E-state index contributed by atoms with van der Waals surface area (Å²) in [5.74, 6) is 0.110. The first-order valence-corrected chi connectivity index (χ1v) is 9.37. The number of carbonyl (C=O) groups excluding carboxylic acids is 1. The van der Waals surface area contributed by atoms with Gasteiger partial charge in [-0.05, 0) is 61.4 Å². The molecule has 3 rings (SSSR count). The third-order valence-electron chi connectivity index (χ3n) is 4.32. The van der Waals surface area contributed by atoms with Gasteiger partial charge in [-0.15, -0.1) is 11.3 Å². The van der Waals surface area contributed by atoms with E-state index in [1.165, 1.54) is 41.8 Å². The summed E-state index contributed by atoms with van der Waals surface area (Å²) in [5, 5.41) is 2.94. The monoisotopic (exact) mass is 365 g/mol. The van der Waals surface area contributed by atoms with Crippen LogP contribution in [0.4, 0.5) is 8.78 Å². The molecule has 134 valence electrons. The second-order valence-electron chi connectivity index (χ2n) is 6.15. The van der Waals surface area contributed by atoms with E-state index in [0.717, 1.165) is 23.3 Å². The number of benzene rings is 1. The van der Waals surface area contributed by atoms with Gasteiger partial charge in [0.2, 0.25) is 0 Å². The van der Waals surface area contributed by atoms with Gasteiger partial charge in [-0.3, -0.25) is 4.79 Å². The lowest BCUT2D eigenvalue weighted by molar-refractivity contribution is -0.0498. The van der Waals surface area contributed by atoms with Crippen molar-refractivity contribution >= 4 is 17.2 Å². The van der Waals surface area contributed by atoms with Crippen LogP contribution in [0.25, 0.3) is 0 Å². The Hall–Kier alpha value is -1.95. The second kappa shape index (κ2) is 8.43. The third kappa shape index (κ3) is 5.01. The molecular formula is C19H21F2NO2S. The quantitative estimate of drug-likeness (QED) is 0.761. The molecule has 2 aromatic rings. The first kappa shape index (κ1) is 17.9. The van der Waals surface area contributed by atoms with Crippen molar-refractivity contribution in [3.8, 4) is 5.75 Å². The molecule has 1 heterocycles. The number of hydrogen-bond acceptors (Lipinski definition) is 3. The van der Waals surface area contributed by atoms with Crippen LogP contribution in [0.15, 0.2) is 30.3 Å². The van der Waals surface area contributed by atoms with Crippen LogP contribution in [0.2, 0.25) is 0 Å². The molecule has 0 radical (unpaired) electrons. The summed E-state index contributed by atoms with van der Waals surface area (Å²) in [6, 6.07) is 8.53. The highest BCUT2D eigenvalue weighted by molar-refractivity contribution is 7.14. The van der Waals surface area contributed by atoms with Crippen molar-refractivity contribution in [1.82, 2.24) is 5.32 Å². The maximum Gasteiger partial charge on any atom is 0.387 e. The molecule has 0 fully saturated rings. The molecule has 6 heteroatoms. The van der Waals surface area contributed by atoms with E-state index in [-0.39, 0.29) is 11.7 Å². The Labute approximate surface area is 150 Å². The Morgan fingerprint density at radius 1 is 1.16 bits per heavy atom. The first-order chi connectivity index (χ1) is 12.1. The molecule has 3 nitrogen and oxygen atoms in total. The molecule has 1 N–H and O–H groups in total. The fourth-order valence-corrected chi connectivity index (χ4v) is 4.19. The van der Waals surface area contributed by atoms with Crippen molar-refractivity contribution in [1.29, 1.82) is 0 Å². The van der Waals surface area contributed by atoms with E-state index in [9.17, 15) is 13.6 Å².